The molecular formula is C15H19F3N2O2. The molecule has 1 aromatic rings. The lowest BCUT2D eigenvalue weighted by atomic mass is 10.1. The molecule has 22 heavy (non-hydrogen) atoms. The van der Waals surface area contributed by atoms with Gasteiger partial charge in [0, 0.05) is 20.2 Å². The molecule has 0 spiro atoms. The Bertz CT molecular complexity index is 516. The Kier molecular flexibility index (Phi) is 5.28. The standard InChI is InChI=1S/C15H19F3N2O2/c1-20(8-9-22-10-11-6-7-11)14(21)19-13-5-3-2-4-12(13)15(16,17)18/h2-5,11H,6-10H2,1H3,(H,19,21). The highest BCUT2D eigenvalue weighted by Gasteiger charge is 2.33. The molecule has 0 unspecified atom stereocenters. The van der Waals surface area contributed by atoms with E-state index >= 15 is 0 Å². The molecule has 1 aliphatic carbocycles. The molecule has 0 aromatic heterocycles. The molecule has 1 aromatic carbocycles. The summed E-state index contributed by atoms with van der Waals surface area (Å²) in [6.07, 6.45) is -2.13. The highest BCUT2D eigenvalue weighted by Crippen LogP contribution is 2.34. The van der Waals surface area contributed by atoms with Crippen LogP contribution in [0.4, 0.5) is 23.7 Å². The first kappa shape index (κ1) is 16.6. The largest absolute Gasteiger partial charge is 0.418 e. The number of hydrogen-bond acceptors (Lipinski definition) is 2. The number of ether oxygens (including phenoxy) is 1. The number of hydrogen-bond donors (Lipinski definition) is 1. The van der Waals surface area contributed by atoms with Crippen molar-refractivity contribution >= 4 is 11.7 Å². The number of anilines is 1. The van der Waals surface area contributed by atoms with Gasteiger partial charge in [-0.1, -0.05) is 12.1 Å². The third-order valence-electron chi connectivity index (χ3n) is 3.44. The smallest absolute Gasteiger partial charge is 0.379 e. The van der Waals surface area contributed by atoms with E-state index in [4.69, 9.17) is 4.74 Å². The molecule has 0 atom stereocenters. The van der Waals surface area contributed by atoms with Crippen LogP contribution in [0.2, 0.25) is 0 Å². The summed E-state index contributed by atoms with van der Waals surface area (Å²) in [4.78, 5) is 13.2. The molecule has 2 rings (SSSR count). The van der Waals surface area contributed by atoms with Crippen molar-refractivity contribution in [1.82, 2.24) is 4.90 Å². The summed E-state index contributed by atoms with van der Waals surface area (Å²) < 4.78 is 43.9. The first-order valence-electron chi connectivity index (χ1n) is 7.14. The van der Waals surface area contributed by atoms with Gasteiger partial charge in [-0.3, -0.25) is 0 Å². The number of halogens is 3. The molecule has 122 valence electrons. The van der Waals surface area contributed by atoms with Gasteiger partial charge >= 0.3 is 12.2 Å². The molecule has 2 amide bonds. The van der Waals surface area contributed by atoms with Gasteiger partial charge < -0.3 is 15.0 Å². The van der Waals surface area contributed by atoms with Crippen molar-refractivity contribution in [3.63, 3.8) is 0 Å². The quantitative estimate of drug-likeness (QED) is 0.815. The Balaban J connectivity index is 1.85. The number of nitrogens with zero attached hydrogens (tertiary/aromatic N) is 1. The van der Waals surface area contributed by atoms with E-state index in [0.29, 0.717) is 25.7 Å². The second-order valence-corrected chi connectivity index (χ2v) is 5.41. The fourth-order valence-corrected chi connectivity index (χ4v) is 1.89. The van der Waals surface area contributed by atoms with Gasteiger partial charge in [0.15, 0.2) is 0 Å². The van der Waals surface area contributed by atoms with Crippen LogP contribution >= 0.6 is 0 Å². The first-order chi connectivity index (χ1) is 10.4. The van der Waals surface area contributed by atoms with Crippen LogP contribution in [-0.4, -0.2) is 37.7 Å². The summed E-state index contributed by atoms with van der Waals surface area (Å²) in [5.74, 6) is 0.637. The number of rotatable bonds is 6. The van der Waals surface area contributed by atoms with E-state index in [-0.39, 0.29) is 5.69 Å². The van der Waals surface area contributed by atoms with Gasteiger partial charge in [-0.2, -0.15) is 13.2 Å². The van der Waals surface area contributed by atoms with Crippen LogP contribution in [0.15, 0.2) is 24.3 Å². The van der Waals surface area contributed by atoms with Gasteiger partial charge in [-0.25, -0.2) is 4.79 Å². The number of carbonyl (C=O) groups is 1. The van der Waals surface area contributed by atoms with E-state index in [0.717, 1.165) is 6.07 Å². The van der Waals surface area contributed by atoms with Crippen molar-refractivity contribution in [3.05, 3.63) is 29.8 Å². The van der Waals surface area contributed by atoms with Crippen molar-refractivity contribution in [1.29, 1.82) is 0 Å². The average Bonchev–Trinajstić information content (AvgIpc) is 3.27. The van der Waals surface area contributed by atoms with Crippen molar-refractivity contribution < 1.29 is 22.7 Å². The normalized spacial score (nSPS) is 14.7. The third kappa shape index (κ3) is 4.91. The zero-order chi connectivity index (χ0) is 16.2. The van der Waals surface area contributed by atoms with Crippen LogP contribution in [-0.2, 0) is 10.9 Å². The lowest BCUT2D eigenvalue weighted by Crippen LogP contribution is -2.34. The van der Waals surface area contributed by atoms with Crippen molar-refractivity contribution in [3.8, 4) is 0 Å². The SMILES string of the molecule is CN(CCOCC1CC1)C(=O)Nc1ccccc1C(F)(F)F. The maximum absolute atomic E-state index is 12.8. The van der Waals surface area contributed by atoms with E-state index in [2.05, 4.69) is 5.32 Å². The molecule has 1 fully saturated rings. The maximum Gasteiger partial charge on any atom is 0.418 e. The molecule has 1 saturated carbocycles. The monoisotopic (exact) mass is 316 g/mol. The number of alkyl halides is 3. The molecule has 0 bridgehead atoms. The number of benzene rings is 1. The van der Waals surface area contributed by atoms with Crippen LogP contribution in [0.25, 0.3) is 0 Å². The Labute approximate surface area is 127 Å². The molecular weight excluding hydrogens is 297 g/mol. The van der Waals surface area contributed by atoms with Gasteiger partial charge in [0.25, 0.3) is 0 Å². The summed E-state index contributed by atoms with van der Waals surface area (Å²) in [7, 11) is 1.52. The van der Waals surface area contributed by atoms with Gasteiger partial charge in [-0.15, -0.1) is 0 Å². The molecule has 1 N–H and O–H groups in total. The summed E-state index contributed by atoms with van der Waals surface area (Å²) in [6.45, 7) is 1.39. The zero-order valence-electron chi connectivity index (χ0n) is 12.3. The lowest BCUT2D eigenvalue weighted by molar-refractivity contribution is -0.136. The Morgan fingerprint density at radius 3 is 2.68 bits per heavy atom. The Hall–Kier alpha value is -1.76. The van der Waals surface area contributed by atoms with Crippen LogP contribution in [0.5, 0.6) is 0 Å². The summed E-state index contributed by atoms with van der Waals surface area (Å²) in [6, 6.07) is 4.32. The number of nitrogens with one attached hydrogen (secondary N) is 1. The number of para-hydroxylation sites is 1. The predicted octanol–water partition coefficient (Wildman–Crippen LogP) is 3.60. The second-order valence-electron chi connectivity index (χ2n) is 5.41. The number of likely N-dealkylation sites (N-methyl/N-ethyl adjacent to an activating group) is 1. The molecule has 0 aliphatic heterocycles. The highest BCUT2D eigenvalue weighted by atomic mass is 19.4. The topological polar surface area (TPSA) is 41.6 Å². The number of amides is 2. The molecule has 7 heteroatoms. The second kappa shape index (κ2) is 7.00. The maximum atomic E-state index is 12.8. The molecule has 4 nitrogen and oxygen atoms in total. The zero-order valence-corrected chi connectivity index (χ0v) is 12.3. The van der Waals surface area contributed by atoms with Gasteiger partial charge in [-0.05, 0) is 30.9 Å². The van der Waals surface area contributed by atoms with Crippen LogP contribution in [0, 0.1) is 5.92 Å². The highest BCUT2D eigenvalue weighted by molar-refractivity contribution is 5.90. The minimum absolute atomic E-state index is 0.245. The van der Waals surface area contributed by atoms with E-state index in [9.17, 15) is 18.0 Å². The average molecular weight is 316 g/mol. The fraction of sp³-hybridized carbons (Fsp3) is 0.533. The Morgan fingerprint density at radius 2 is 2.05 bits per heavy atom. The van der Waals surface area contributed by atoms with Crippen LogP contribution < -0.4 is 5.32 Å². The molecule has 0 heterocycles. The molecule has 0 saturated heterocycles. The van der Waals surface area contributed by atoms with E-state index in [1.807, 2.05) is 0 Å². The lowest BCUT2D eigenvalue weighted by Gasteiger charge is -2.20. The fourth-order valence-electron chi connectivity index (χ4n) is 1.89. The minimum atomic E-state index is -4.50. The predicted molar refractivity (Wildman–Crippen MR) is 76.6 cm³/mol. The minimum Gasteiger partial charge on any atom is -0.379 e. The van der Waals surface area contributed by atoms with E-state index < -0.39 is 17.8 Å². The van der Waals surface area contributed by atoms with Crippen molar-refractivity contribution in [2.24, 2.45) is 5.92 Å². The number of carbonyl (C=O) groups excluding carboxylic acids is 1. The van der Waals surface area contributed by atoms with Crippen LogP contribution in [0.1, 0.15) is 18.4 Å². The van der Waals surface area contributed by atoms with Crippen LogP contribution in [0.3, 0.4) is 0 Å². The van der Waals surface area contributed by atoms with E-state index in [1.165, 1.54) is 43.0 Å². The first-order valence-corrected chi connectivity index (χ1v) is 7.14. The summed E-state index contributed by atoms with van der Waals surface area (Å²) >= 11 is 0. The Morgan fingerprint density at radius 1 is 1.36 bits per heavy atom. The summed E-state index contributed by atoms with van der Waals surface area (Å²) in [5, 5.41) is 2.29. The molecule has 1 aliphatic rings. The van der Waals surface area contributed by atoms with Gasteiger partial charge in [0.1, 0.15) is 0 Å². The summed E-state index contributed by atoms with van der Waals surface area (Å²) in [5.41, 5.74) is -1.10. The van der Waals surface area contributed by atoms with Gasteiger partial charge in [0.2, 0.25) is 0 Å². The van der Waals surface area contributed by atoms with E-state index in [1.54, 1.807) is 0 Å². The van der Waals surface area contributed by atoms with Crippen molar-refractivity contribution in [2.75, 3.05) is 32.1 Å². The van der Waals surface area contributed by atoms with Gasteiger partial charge in [0.05, 0.1) is 17.9 Å². The molecule has 0 radical (unpaired) electrons. The number of urea groups is 1. The van der Waals surface area contributed by atoms with Crippen molar-refractivity contribution in [2.45, 2.75) is 19.0 Å². The third-order valence-corrected chi connectivity index (χ3v) is 3.44.